The van der Waals surface area contributed by atoms with Gasteiger partial charge in [-0.1, -0.05) is 0 Å². The van der Waals surface area contributed by atoms with Crippen molar-refractivity contribution in [3.8, 4) is 0 Å². The second-order valence-corrected chi connectivity index (χ2v) is 2.81. The number of rotatable bonds is 3. The lowest BCUT2D eigenvalue weighted by Crippen LogP contribution is -2.24. The number of hydroxylamine groups is 1. The van der Waals surface area contributed by atoms with Gasteiger partial charge in [0.1, 0.15) is 5.69 Å². The average Bonchev–Trinajstić information content (AvgIpc) is 2.47. The summed E-state index contributed by atoms with van der Waals surface area (Å²) in [5.41, 5.74) is 2.59. The number of H-pyrrole nitrogens is 1. The van der Waals surface area contributed by atoms with Gasteiger partial charge in [-0.2, -0.15) is 5.10 Å². The summed E-state index contributed by atoms with van der Waals surface area (Å²) in [6.45, 7) is 2.21. The Morgan fingerprint density at radius 2 is 2.67 bits per heavy atom. The summed E-state index contributed by atoms with van der Waals surface area (Å²) >= 11 is 3.15. The topological polar surface area (TPSA) is 67.0 Å². The molecule has 2 N–H and O–H groups in total. The van der Waals surface area contributed by atoms with E-state index in [1.54, 1.807) is 6.92 Å². The van der Waals surface area contributed by atoms with E-state index in [0.29, 0.717) is 16.8 Å². The molecule has 12 heavy (non-hydrogen) atoms. The fourth-order valence-electron chi connectivity index (χ4n) is 0.619. The van der Waals surface area contributed by atoms with Crippen LogP contribution in [0.3, 0.4) is 0 Å². The molecule has 0 fully saturated rings. The lowest BCUT2D eigenvalue weighted by Gasteiger charge is -2.00. The zero-order chi connectivity index (χ0) is 8.97. The minimum absolute atomic E-state index is 0.346. The Labute approximate surface area is 77.6 Å². The lowest BCUT2D eigenvalue weighted by molar-refractivity contribution is 0.0359. The monoisotopic (exact) mass is 233 g/mol. The fourth-order valence-corrected chi connectivity index (χ4v) is 0.991. The summed E-state index contributed by atoms with van der Waals surface area (Å²) in [5.74, 6) is -0.346. The normalized spacial score (nSPS) is 9.83. The van der Waals surface area contributed by atoms with E-state index >= 15 is 0 Å². The maximum Gasteiger partial charge on any atom is 0.294 e. The van der Waals surface area contributed by atoms with Gasteiger partial charge in [-0.3, -0.25) is 14.7 Å². The molecule has 0 spiro atoms. The number of carbonyl (C=O) groups is 1. The van der Waals surface area contributed by atoms with Crippen molar-refractivity contribution in [3.05, 3.63) is 16.4 Å². The maximum atomic E-state index is 11.1. The molecule has 1 rings (SSSR count). The van der Waals surface area contributed by atoms with Crippen molar-refractivity contribution < 1.29 is 9.63 Å². The van der Waals surface area contributed by atoms with Crippen molar-refractivity contribution in [1.29, 1.82) is 0 Å². The van der Waals surface area contributed by atoms with E-state index in [0.717, 1.165) is 0 Å². The van der Waals surface area contributed by atoms with Gasteiger partial charge in [0.15, 0.2) is 0 Å². The molecule has 0 atom stereocenters. The van der Waals surface area contributed by atoms with Crippen LogP contribution >= 0.6 is 15.9 Å². The minimum atomic E-state index is -0.346. The molecule has 0 unspecified atom stereocenters. The number of carbonyl (C=O) groups excluding carboxylic acids is 1. The highest BCUT2D eigenvalue weighted by Gasteiger charge is 2.10. The average molecular weight is 234 g/mol. The Morgan fingerprint density at radius 1 is 1.92 bits per heavy atom. The van der Waals surface area contributed by atoms with Crippen molar-refractivity contribution in [2.24, 2.45) is 0 Å². The summed E-state index contributed by atoms with van der Waals surface area (Å²) in [6, 6.07) is 0. The Bertz CT molecular complexity index is 274. The molecule has 0 saturated carbocycles. The molecule has 6 heteroatoms. The highest BCUT2D eigenvalue weighted by Crippen LogP contribution is 2.11. The number of nitrogens with one attached hydrogen (secondary N) is 2. The maximum absolute atomic E-state index is 11.1. The molecule has 0 aliphatic heterocycles. The van der Waals surface area contributed by atoms with Crippen molar-refractivity contribution >= 4 is 21.8 Å². The molecule has 0 aliphatic rings. The van der Waals surface area contributed by atoms with E-state index in [1.807, 2.05) is 0 Å². The van der Waals surface area contributed by atoms with Crippen molar-refractivity contribution in [2.75, 3.05) is 6.61 Å². The third kappa shape index (κ3) is 2.05. The van der Waals surface area contributed by atoms with Gasteiger partial charge < -0.3 is 0 Å². The van der Waals surface area contributed by atoms with Gasteiger partial charge in [0.05, 0.1) is 17.3 Å². The van der Waals surface area contributed by atoms with Gasteiger partial charge in [0.2, 0.25) is 0 Å². The number of aromatic amines is 1. The molecule has 5 nitrogen and oxygen atoms in total. The second kappa shape index (κ2) is 4.22. The number of amides is 1. The summed E-state index contributed by atoms with van der Waals surface area (Å²) in [6.07, 6.45) is 1.50. The number of hydrogen-bond acceptors (Lipinski definition) is 3. The molecule has 1 aromatic heterocycles. The molecule has 1 aromatic rings. The molecule has 0 aromatic carbocycles. The van der Waals surface area contributed by atoms with E-state index in [4.69, 9.17) is 4.84 Å². The van der Waals surface area contributed by atoms with Crippen LogP contribution in [0.25, 0.3) is 0 Å². The highest BCUT2D eigenvalue weighted by molar-refractivity contribution is 9.10. The smallest absolute Gasteiger partial charge is 0.274 e. The zero-order valence-electron chi connectivity index (χ0n) is 6.43. The Hall–Kier alpha value is -0.880. The van der Waals surface area contributed by atoms with E-state index < -0.39 is 0 Å². The Kier molecular flexibility index (Phi) is 3.24. The van der Waals surface area contributed by atoms with Gasteiger partial charge >= 0.3 is 0 Å². The number of hydrogen-bond donors (Lipinski definition) is 2. The van der Waals surface area contributed by atoms with Gasteiger partial charge in [0, 0.05) is 0 Å². The number of nitrogens with zero attached hydrogens (tertiary/aromatic N) is 1. The Morgan fingerprint density at radius 3 is 3.17 bits per heavy atom. The molecular formula is C6H8BrN3O2. The summed E-state index contributed by atoms with van der Waals surface area (Å²) in [7, 11) is 0. The van der Waals surface area contributed by atoms with E-state index in [2.05, 4.69) is 31.6 Å². The molecule has 0 aliphatic carbocycles. The van der Waals surface area contributed by atoms with Crippen molar-refractivity contribution in [2.45, 2.75) is 6.92 Å². The zero-order valence-corrected chi connectivity index (χ0v) is 8.01. The third-order valence-corrected chi connectivity index (χ3v) is 1.73. The SMILES string of the molecule is CCONC(=O)c1[nH]ncc1Br. The molecule has 0 saturated heterocycles. The number of halogens is 1. The molecule has 1 amide bonds. The molecule has 0 bridgehead atoms. The van der Waals surface area contributed by atoms with Crippen LogP contribution in [0.15, 0.2) is 10.7 Å². The van der Waals surface area contributed by atoms with Crippen molar-refractivity contribution in [1.82, 2.24) is 15.7 Å². The molecule has 0 radical (unpaired) electrons. The standard InChI is InChI=1S/C6H8BrN3O2/c1-2-12-10-6(11)5-4(7)3-8-9-5/h3H,2H2,1H3,(H,8,9)(H,10,11). The molecule has 66 valence electrons. The van der Waals surface area contributed by atoms with Crippen LogP contribution in [0, 0.1) is 0 Å². The van der Waals surface area contributed by atoms with Crippen LogP contribution in [0.5, 0.6) is 0 Å². The van der Waals surface area contributed by atoms with Gasteiger partial charge in [-0.15, -0.1) is 0 Å². The first-order valence-electron chi connectivity index (χ1n) is 3.36. The first-order chi connectivity index (χ1) is 5.75. The first kappa shape index (κ1) is 9.21. The van der Waals surface area contributed by atoms with Crippen LogP contribution in [0.1, 0.15) is 17.4 Å². The van der Waals surface area contributed by atoms with Crippen LogP contribution < -0.4 is 5.48 Å². The largest absolute Gasteiger partial charge is 0.294 e. The minimum Gasteiger partial charge on any atom is -0.274 e. The van der Waals surface area contributed by atoms with Crippen LogP contribution in [0.2, 0.25) is 0 Å². The van der Waals surface area contributed by atoms with Gasteiger partial charge in [-0.25, -0.2) is 5.48 Å². The van der Waals surface area contributed by atoms with E-state index in [9.17, 15) is 4.79 Å². The Balaban J connectivity index is 2.59. The van der Waals surface area contributed by atoms with E-state index in [-0.39, 0.29) is 5.91 Å². The number of aromatic nitrogens is 2. The summed E-state index contributed by atoms with van der Waals surface area (Å²) in [5, 5.41) is 6.19. The summed E-state index contributed by atoms with van der Waals surface area (Å²) in [4.78, 5) is 15.9. The fraction of sp³-hybridized carbons (Fsp3) is 0.333. The predicted molar refractivity (Wildman–Crippen MR) is 45.4 cm³/mol. The molecule has 1 heterocycles. The first-order valence-corrected chi connectivity index (χ1v) is 4.16. The van der Waals surface area contributed by atoms with Crippen LogP contribution in [-0.4, -0.2) is 22.7 Å². The van der Waals surface area contributed by atoms with Crippen molar-refractivity contribution in [3.63, 3.8) is 0 Å². The molecular weight excluding hydrogens is 226 g/mol. The lowest BCUT2D eigenvalue weighted by atomic mass is 10.4. The quantitative estimate of drug-likeness (QED) is 0.762. The van der Waals surface area contributed by atoms with Crippen LogP contribution in [-0.2, 0) is 4.84 Å². The summed E-state index contributed by atoms with van der Waals surface area (Å²) < 4.78 is 0.611. The second-order valence-electron chi connectivity index (χ2n) is 1.96. The highest BCUT2D eigenvalue weighted by atomic mass is 79.9. The van der Waals surface area contributed by atoms with Crippen LogP contribution in [0.4, 0.5) is 0 Å². The van der Waals surface area contributed by atoms with E-state index in [1.165, 1.54) is 6.20 Å². The third-order valence-electron chi connectivity index (χ3n) is 1.13. The predicted octanol–water partition coefficient (Wildman–Crippen LogP) is 0.853. The van der Waals surface area contributed by atoms with Gasteiger partial charge in [0.25, 0.3) is 5.91 Å². The van der Waals surface area contributed by atoms with Gasteiger partial charge in [-0.05, 0) is 22.9 Å².